The molecular weight excluding hydrogens is 384 g/mol. The molecule has 1 unspecified atom stereocenters. The number of imide groups is 1. The molecular formula is C22H28N4O4. The van der Waals surface area contributed by atoms with Crippen LogP contribution >= 0.6 is 0 Å². The zero-order chi connectivity index (χ0) is 21.0. The molecule has 2 aromatic rings. The van der Waals surface area contributed by atoms with E-state index in [1.165, 1.54) is 0 Å². The second-order valence-electron chi connectivity index (χ2n) is 9.27. The van der Waals surface area contributed by atoms with Crippen molar-refractivity contribution in [1.82, 2.24) is 14.5 Å². The summed E-state index contributed by atoms with van der Waals surface area (Å²) in [6.07, 6.45) is 5.01. The van der Waals surface area contributed by atoms with E-state index in [1.807, 2.05) is 18.2 Å². The molecule has 1 aliphatic carbocycles. The number of piperidine rings is 2. The average Bonchev–Trinajstić information content (AvgIpc) is 2.97. The zero-order valence-corrected chi connectivity index (χ0v) is 17.3. The first-order valence-electron chi connectivity index (χ1n) is 10.8. The van der Waals surface area contributed by atoms with Gasteiger partial charge in [-0.1, -0.05) is 6.07 Å². The van der Waals surface area contributed by atoms with Gasteiger partial charge in [-0.3, -0.25) is 24.0 Å². The minimum Gasteiger partial charge on any atom is -0.396 e. The molecule has 3 heterocycles. The van der Waals surface area contributed by atoms with Gasteiger partial charge in [0.2, 0.25) is 11.8 Å². The van der Waals surface area contributed by atoms with E-state index in [0.29, 0.717) is 24.4 Å². The van der Waals surface area contributed by atoms with Gasteiger partial charge in [0.1, 0.15) is 6.04 Å². The highest BCUT2D eigenvalue weighted by molar-refractivity contribution is 6.00. The number of carbonyl (C=O) groups is 2. The fourth-order valence-corrected chi connectivity index (χ4v) is 5.83. The summed E-state index contributed by atoms with van der Waals surface area (Å²) in [5.41, 5.74) is 2.74. The van der Waals surface area contributed by atoms with Crippen LogP contribution in [0.5, 0.6) is 0 Å². The maximum absolute atomic E-state index is 13.1. The number of carbonyl (C=O) groups excluding carboxylic acids is 2. The van der Waals surface area contributed by atoms with Crippen molar-refractivity contribution in [2.24, 2.45) is 18.4 Å². The van der Waals surface area contributed by atoms with Gasteiger partial charge in [-0.2, -0.15) is 0 Å². The highest BCUT2D eigenvalue weighted by Gasteiger charge is 2.45. The van der Waals surface area contributed by atoms with E-state index in [4.69, 9.17) is 0 Å². The van der Waals surface area contributed by atoms with Crippen LogP contribution in [0.4, 0.5) is 5.69 Å². The lowest BCUT2D eigenvalue weighted by molar-refractivity contribution is -0.135. The van der Waals surface area contributed by atoms with Crippen molar-refractivity contribution >= 4 is 28.5 Å². The Kier molecular flexibility index (Phi) is 4.50. The van der Waals surface area contributed by atoms with Gasteiger partial charge in [-0.25, -0.2) is 4.79 Å². The number of aliphatic hydroxyl groups is 1. The van der Waals surface area contributed by atoms with E-state index in [0.717, 1.165) is 55.5 Å². The molecule has 5 rings (SSSR count). The van der Waals surface area contributed by atoms with E-state index >= 15 is 0 Å². The van der Waals surface area contributed by atoms with Gasteiger partial charge < -0.3 is 10.0 Å². The maximum atomic E-state index is 13.1. The second-order valence-corrected chi connectivity index (χ2v) is 9.27. The van der Waals surface area contributed by atoms with Gasteiger partial charge in [0.05, 0.1) is 16.7 Å². The number of benzene rings is 1. The van der Waals surface area contributed by atoms with Crippen molar-refractivity contribution in [1.29, 1.82) is 0 Å². The van der Waals surface area contributed by atoms with Crippen LogP contribution in [0.2, 0.25) is 0 Å². The Hall–Kier alpha value is -2.61. The van der Waals surface area contributed by atoms with Crippen molar-refractivity contribution in [2.45, 2.75) is 44.6 Å². The Morgan fingerprint density at radius 1 is 1.17 bits per heavy atom. The van der Waals surface area contributed by atoms with Crippen LogP contribution in [0.3, 0.4) is 0 Å². The first-order valence-corrected chi connectivity index (χ1v) is 10.8. The number of anilines is 1. The van der Waals surface area contributed by atoms with Crippen molar-refractivity contribution in [3.05, 3.63) is 28.7 Å². The molecule has 2 aliphatic heterocycles. The molecule has 1 spiro atoms. The Balaban J connectivity index is 1.47. The number of nitrogens with one attached hydrogen (secondary N) is 1. The lowest BCUT2D eigenvalue weighted by atomic mass is 9.58. The van der Waals surface area contributed by atoms with E-state index in [9.17, 15) is 19.5 Å². The lowest BCUT2D eigenvalue weighted by Crippen LogP contribution is -2.48. The highest BCUT2D eigenvalue weighted by atomic mass is 16.3. The summed E-state index contributed by atoms with van der Waals surface area (Å²) in [5, 5.41) is 11.7. The normalized spacial score (nSPS) is 24.3. The number of aryl methyl sites for hydroxylation is 1. The van der Waals surface area contributed by atoms with Crippen molar-refractivity contribution < 1.29 is 14.7 Å². The number of hydrogen-bond donors (Lipinski definition) is 2. The van der Waals surface area contributed by atoms with E-state index in [1.54, 1.807) is 16.2 Å². The van der Waals surface area contributed by atoms with Crippen LogP contribution in [0, 0.1) is 11.3 Å². The third-order valence-electron chi connectivity index (χ3n) is 7.47. The fourth-order valence-electron chi connectivity index (χ4n) is 5.83. The van der Waals surface area contributed by atoms with Crippen LogP contribution in [0.15, 0.2) is 23.0 Å². The summed E-state index contributed by atoms with van der Waals surface area (Å²) < 4.78 is 3.17. The molecule has 2 saturated heterocycles. The second kappa shape index (κ2) is 6.97. The number of hydrogen-bond acceptors (Lipinski definition) is 5. The number of rotatable bonds is 3. The van der Waals surface area contributed by atoms with E-state index < -0.39 is 11.9 Å². The molecule has 3 aliphatic rings. The molecule has 30 heavy (non-hydrogen) atoms. The molecule has 1 aromatic heterocycles. The van der Waals surface area contributed by atoms with Crippen LogP contribution in [0.25, 0.3) is 11.0 Å². The molecule has 8 heteroatoms. The Bertz CT molecular complexity index is 1070. The average molecular weight is 412 g/mol. The topological polar surface area (TPSA) is 96.6 Å². The summed E-state index contributed by atoms with van der Waals surface area (Å²) in [6, 6.07) is 5.21. The minimum atomic E-state index is -0.663. The quantitative estimate of drug-likeness (QED) is 0.741. The number of aromatic nitrogens is 2. The van der Waals surface area contributed by atoms with Crippen LogP contribution in [0.1, 0.15) is 44.6 Å². The maximum Gasteiger partial charge on any atom is 0.329 e. The molecule has 1 atom stereocenters. The molecule has 1 aromatic carbocycles. The number of imidazole rings is 1. The minimum absolute atomic E-state index is 0.231. The largest absolute Gasteiger partial charge is 0.396 e. The predicted octanol–water partition coefficient (Wildman–Crippen LogP) is 1.31. The van der Waals surface area contributed by atoms with Crippen molar-refractivity contribution in [3.8, 4) is 0 Å². The van der Waals surface area contributed by atoms with E-state index in [2.05, 4.69) is 10.2 Å². The van der Waals surface area contributed by atoms with Crippen molar-refractivity contribution in [2.75, 3.05) is 24.6 Å². The van der Waals surface area contributed by atoms with Gasteiger partial charge >= 0.3 is 5.69 Å². The lowest BCUT2D eigenvalue weighted by Gasteiger charge is -2.52. The van der Waals surface area contributed by atoms with Crippen LogP contribution in [-0.4, -0.2) is 45.8 Å². The number of amides is 2. The van der Waals surface area contributed by atoms with Gasteiger partial charge in [0.15, 0.2) is 0 Å². The summed E-state index contributed by atoms with van der Waals surface area (Å²) in [6.45, 7) is 2.14. The molecule has 1 saturated carbocycles. The van der Waals surface area contributed by atoms with E-state index in [-0.39, 0.29) is 18.0 Å². The Morgan fingerprint density at radius 3 is 2.57 bits per heavy atom. The SMILES string of the molecule is Cn1c(=O)n(C2CCC(=O)NC2=O)c2cccc(N3CCC4(CC3)CC(CO)C4)c21. The fraction of sp³-hybridized carbons (Fsp3) is 0.591. The molecule has 0 radical (unpaired) electrons. The molecule has 8 nitrogen and oxygen atoms in total. The Morgan fingerprint density at radius 2 is 1.90 bits per heavy atom. The molecule has 160 valence electrons. The van der Waals surface area contributed by atoms with Crippen LogP contribution in [-0.2, 0) is 16.6 Å². The molecule has 2 amide bonds. The first-order chi connectivity index (χ1) is 14.4. The van der Waals surface area contributed by atoms with Gasteiger partial charge in [-0.05, 0) is 55.6 Å². The number of nitrogens with zero attached hydrogens (tertiary/aromatic N) is 3. The zero-order valence-electron chi connectivity index (χ0n) is 17.3. The van der Waals surface area contributed by atoms with Gasteiger partial charge in [0, 0.05) is 33.2 Å². The smallest absolute Gasteiger partial charge is 0.329 e. The predicted molar refractivity (Wildman–Crippen MR) is 112 cm³/mol. The van der Waals surface area contributed by atoms with Crippen LogP contribution < -0.4 is 15.9 Å². The number of aliphatic hydroxyl groups excluding tert-OH is 1. The monoisotopic (exact) mass is 412 g/mol. The molecule has 3 fully saturated rings. The third-order valence-corrected chi connectivity index (χ3v) is 7.47. The first kappa shape index (κ1) is 19.4. The molecule has 2 N–H and O–H groups in total. The third kappa shape index (κ3) is 2.88. The van der Waals surface area contributed by atoms with Gasteiger partial charge in [0.25, 0.3) is 0 Å². The summed E-state index contributed by atoms with van der Waals surface area (Å²) in [7, 11) is 1.75. The number of para-hydroxylation sites is 1. The van der Waals surface area contributed by atoms with Crippen molar-refractivity contribution in [3.63, 3.8) is 0 Å². The standard InChI is InChI=1S/C22H28N4O4/c1-24-19-15(25-9-7-22(8-10-25)11-14(12-22)13-27)3-2-4-16(19)26(21(24)30)17-5-6-18(28)23-20(17)29/h2-4,14,17,27H,5-13H2,1H3,(H,23,28,29). The summed E-state index contributed by atoms with van der Waals surface area (Å²) in [4.78, 5) is 39.4. The number of fused-ring (bicyclic) bond motifs is 1. The highest BCUT2D eigenvalue weighted by Crippen LogP contribution is 2.52. The summed E-state index contributed by atoms with van der Waals surface area (Å²) in [5.74, 6) is -0.232. The summed E-state index contributed by atoms with van der Waals surface area (Å²) >= 11 is 0. The van der Waals surface area contributed by atoms with Gasteiger partial charge in [-0.15, -0.1) is 0 Å². The molecule has 0 bridgehead atoms. The Labute approximate surface area is 174 Å².